The first kappa shape index (κ1) is 14.9. The molecule has 1 fully saturated rings. The van der Waals surface area contributed by atoms with Gasteiger partial charge in [-0.15, -0.1) is 0 Å². The van der Waals surface area contributed by atoms with Crippen molar-refractivity contribution < 1.29 is 4.42 Å². The lowest BCUT2D eigenvalue weighted by atomic mass is 9.77. The van der Waals surface area contributed by atoms with Crippen LogP contribution in [-0.4, -0.2) is 0 Å². The van der Waals surface area contributed by atoms with Crippen LogP contribution in [0.4, 0.5) is 0 Å². The number of furan rings is 1. The molecule has 1 aromatic heterocycles. The standard InChI is InChI=1S/C18H24ClNO/c1-2-3-12-4-6-13(7-5-12)18(20)17-11-14-10-15(19)8-9-16(14)21-17/h8-13,18H,2-7,20H2,1H3. The van der Waals surface area contributed by atoms with Gasteiger partial charge in [-0.3, -0.25) is 0 Å². The van der Waals surface area contributed by atoms with E-state index in [0.29, 0.717) is 5.92 Å². The highest BCUT2D eigenvalue weighted by atomic mass is 35.5. The lowest BCUT2D eigenvalue weighted by Gasteiger charge is -2.31. The number of hydrogen-bond acceptors (Lipinski definition) is 2. The summed E-state index contributed by atoms with van der Waals surface area (Å²) in [7, 11) is 0. The number of nitrogens with two attached hydrogens (primary N) is 1. The second kappa shape index (κ2) is 6.41. The molecule has 1 aromatic carbocycles. The van der Waals surface area contributed by atoms with E-state index in [0.717, 1.165) is 27.7 Å². The maximum Gasteiger partial charge on any atom is 0.134 e. The summed E-state index contributed by atoms with van der Waals surface area (Å²) in [6.07, 6.45) is 7.75. The molecule has 2 aromatic rings. The van der Waals surface area contributed by atoms with Gasteiger partial charge in [-0.1, -0.05) is 44.2 Å². The van der Waals surface area contributed by atoms with Crippen LogP contribution in [-0.2, 0) is 0 Å². The molecule has 0 saturated heterocycles. The third-order valence-electron chi connectivity index (χ3n) is 4.92. The Kier molecular flexibility index (Phi) is 4.56. The van der Waals surface area contributed by atoms with Gasteiger partial charge in [-0.25, -0.2) is 0 Å². The second-order valence-electron chi connectivity index (χ2n) is 6.43. The average molecular weight is 306 g/mol. The third-order valence-corrected chi connectivity index (χ3v) is 5.16. The summed E-state index contributed by atoms with van der Waals surface area (Å²) in [4.78, 5) is 0. The molecule has 21 heavy (non-hydrogen) atoms. The van der Waals surface area contributed by atoms with E-state index in [1.165, 1.54) is 38.5 Å². The van der Waals surface area contributed by atoms with Crippen molar-refractivity contribution in [2.24, 2.45) is 17.6 Å². The predicted molar refractivity (Wildman–Crippen MR) is 88.5 cm³/mol. The van der Waals surface area contributed by atoms with Crippen molar-refractivity contribution in [1.29, 1.82) is 0 Å². The van der Waals surface area contributed by atoms with Gasteiger partial charge in [-0.05, 0) is 48.9 Å². The van der Waals surface area contributed by atoms with Gasteiger partial charge >= 0.3 is 0 Å². The van der Waals surface area contributed by atoms with Crippen LogP contribution in [0.1, 0.15) is 57.3 Å². The van der Waals surface area contributed by atoms with Gasteiger partial charge in [0.2, 0.25) is 0 Å². The van der Waals surface area contributed by atoms with E-state index >= 15 is 0 Å². The maximum absolute atomic E-state index is 6.46. The number of fused-ring (bicyclic) bond motifs is 1. The fourth-order valence-electron chi connectivity index (χ4n) is 3.68. The molecule has 1 heterocycles. The average Bonchev–Trinajstić information content (AvgIpc) is 2.90. The van der Waals surface area contributed by atoms with Crippen LogP contribution < -0.4 is 5.73 Å². The monoisotopic (exact) mass is 305 g/mol. The molecule has 0 amide bonds. The summed E-state index contributed by atoms with van der Waals surface area (Å²) in [6, 6.07) is 7.79. The molecule has 3 rings (SSSR count). The Morgan fingerprint density at radius 3 is 2.71 bits per heavy atom. The molecule has 0 bridgehead atoms. The van der Waals surface area contributed by atoms with Crippen molar-refractivity contribution in [3.63, 3.8) is 0 Å². The SMILES string of the molecule is CCCC1CCC(C(N)c2cc3cc(Cl)ccc3o2)CC1. The Balaban J connectivity index is 1.70. The lowest BCUT2D eigenvalue weighted by Crippen LogP contribution is -2.25. The van der Waals surface area contributed by atoms with Gasteiger partial charge in [-0.2, -0.15) is 0 Å². The first-order chi connectivity index (χ1) is 10.2. The zero-order valence-corrected chi connectivity index (χ0v) is 13.4. The minimum absolute atomic E-state index is 0.0127. The molecule has 3 heteroatoms. The fourth-order valence-corrected chi connectivity index (χ4v) is 3.86. The molecule has 0 radical (unpaired) electrons. The molecule has 1 saturated carbocycles. The van der Waals surface area contributed by atoms with E-state index in [1.54, 1.807) is 0 Å². The van der Waals surface area contributed by atoms with Crippen LogP contribution in [0, 0.1) is 11.8 Å². The first-order valence-corrected chi connectivity index (χ1v) is 8.49. The van der Waals surface area contributed by atoms with E-state index in [-0.39, 0.29) is 6.04 Å². The molecule has 0 spiro atoms. The van der Waals surface area contributed by atoms with Crippen LogP contribution in [0.3, 0.4) is 0 Å². The van der Waals surface area contributed by atoms with Crippen LogP contribution in [0.15, 0.2) is 28.7 Å². The first-order valence-electron chi connectivity index (χ1n) is 8.12. The number of benzene rings is 1. The summed E-state index contributed by atoms with van der Waals surface area (Å²) in [6.45, 7) is 2.28. The predicted octanol–water partition coefficient (Wildman–Crippen LogP) is 5.69. The zero-order chi connectivity index (χ0) is 14.8. The molecule has 1 unspecified atom stereocenters. The van der Waals surface area contributed by atoms with Crippen molar-refractivity contribution >= 4 is 22.6 Å². The van der Waals surface area contributed by atoms with E-state index < -0.39 is 0 Å². The van der Waals surface area contributed by atoms with E-state index in [1.807, 2.05) is 18.2 Å². The van der Waals surface area contributed by atoms with Gasteiger partial charge in [0.25, 0.3) is 0 Å². The van der Waals surface area contributed by atoms with Crippen LogP contribution in [0.2, 0.25) is 5.02 Å². The topological polar surface area (TPSA) is 39.2 Å². The minimum Gasteiger partial charge on any atom is -0.459 e. The Morgan fingerprint density at radius 2 is 2.00 bits per heavy atom. The third kappa shape index (κ3) is 3.27. The van der Waals surface area contributed by atoms with Gasteiger partial charge in [0.15, 0.2) is 0 Å². The highest BCUT2D eigenvalue weighted by molar-refractivity contribution is 6.31. The van der Waals surface area contributed by atoms with Gasteiger partial charge in [0.05, 0.1) is 6.04 Å². The molecule has 2 nitrogen and oxygen atoms in total. The lowest BCUT2D eigenvalue weighted by molar-refractivity contribution is 0.223. The normalized spacial score (nSPS) is 24.3. The number of hydrogen-bond donors (Lipinski definition) is 1. The largest absolute Gasteiger partial charge is 0.459 e. The molecule has 1 aliphatic carbocycles. The Labute approximate surface area is 131 Å². The minimum atomic E-state index is 0.0127. The van der Waals surface area contributed by atoms with Gasteiger partial charge in [0.1, 0.15) is 11.3 Å². The smallest absolute Gasteiger partial charge is 0.134 e. The van der Waals surface area contributed by atoms with E-state index in [2.05, 4.69) is 13.0 Å². The van der Waals surface area contributed by atoms with Crippen molar-refractivity contribution in [3.8, 4) is 0 Å². The summed E-state index contributed by atoms with van der Waals surface area (Å²) in [5.41, 5.74) is 7.34. The summed E-state index contributed by atoms with van der Waals surface area (Å²) >= 11 is 6.03. The maximum atomic E-state index is 6.46. The fraction of sp³-hybridized carbons (Fsp3) is 0.556. The molecular formula is C18H24ClNO. The zero-order valence-electron chi connectivity index (χ0n) is 12.6. The molecule has 114 valence electrons. The Bertz CT molecular complexity index is 598. The van der Waals surface area contributed by atoms with Crippen LogP contribution >= 0.6 is 11.6 Å². The molecule has 0 aliphatic heterocycles. The van der Waals surface area contributed by atoms with Gasteiger partial charge in [0, 0.05) is 10.4 Å². The van der Waals surface area contributed by atoms with Crippen LogP contribution in [0.25, 0.3) is 11.0 Å². The highest BCUT2D eigenvalue weighted by Crippen LogP contribution is 2.38. The van der Waals surface area contributed by atoms with E-state index in [9.17, 15) is 0 Å². The summed E-state index contributed by atoms with van der Waals surface area (Å²) < 4.78 is 5.93. The van der Waals surface area contributed by atoms with Crippen molar-refractivity contribution in [3.05, 3.63) is 35.0 Å². The Hall–Kier alpha value is -0.990. The molecule has 1 aliphatic rings. The Morgan fingerprint density at radius 1 is 1.24 bits per heavy atom. The highest BCUT2D eigenvalue weighted by Gasteiger charge is 2.27. The summed E-state index contributed by atoms with van der Waals surface area (Å²) in [5.74, 6) is 2.37. The van der Waals surface area contributed by atoms with Crippen molar-refractivity contribution in [1.82, 2.24) is 0 Å². The quantitative estimate of drug-likeness (QED) is 0.787. The molecule has 2 N–H and O–H groups in total. The van der Waals surface area contributed by atoms with Crippen LogP contribution in [0.5, 0.6) is 0 Å². The second-order valence-corrected chi connectivity index (χ2v) is 6.86. The van der Waals surface area contributed by atoms with Crippen molar-refractivity contribution in [2.75, 3.05) is 0 Å². The number of halogens is 1. The van der Waals surface area contributed by atoms with Crippen molar-refractivity contribution in [2.45, 2.75) is 51.5 Å². The molecule has 1 atom stereocenters. The molecular weight excluding hydrogens is 282 g/mol. The summed E-state index contributed by atoms with van der Waals surface area (Å²) in [5, 5.41) is 1.79. The number of rotatable bonds is 4. The van der Waals surface area contributed by atoms with E-state index in [4.69, 9.17) is 21.8 Å². The van der Waals surface area contributed by atoms with Gasteiger partial charge < -0.3 is 10.2 Å².